The normalized spacial score (nSPS) is 23.8. The minimum absolute atomic E-state index is 0.0700. The molecule has 3 atom stereocenters. The van der Waals surface area contributed by atoms with Gasteiger partial charge in [-0.1, -0.05) is 11.6 Å². The van der Waals surface area contributed by atoms with Gasteiger partial charge in [0.05, 0.1) is 35.9 Å². The van der Waals surface area contributed by atoms with E-state index in [0.717, 1.165) is 26.4 Å². The molecular formula is C18H17ClF5N5O2. The number of aromatic nitrogens is 4. The number of rotatable bonds is 3. The predicted octanol–water partition coefficient (Wildman–Crippen LogP) is 2.52. The van der Waals surface area contributed by atoms with Crippen LogP contribution in [0.15, 0.2) is 17.1 Å². The van der Waals surface area contributed by atoms with Crippen molar-refractivity contribution in [2.24, 2.45) is 5.92 Å². The maximum atomic E-state index is 13.5. The second-order valence-corrected chi connectivity index (χ2v) is 8.08. The fourth-order valence-corrected chi connectivity index (χ4v) is 4.20. The van der Waals surface area contributed by atoms with Gasteiger partial charge in [0.2, 0.25) is 5.91 Å². The molecule has 2 unspecified atom stereocenters. The van der Waals surface area contributed by atoms with Gasteiger partial charge in [-0.3, -0.25) is 14.3 Å². The fraction of sp³-hybridized carbons (Fsp3) is 0.556. The highest BCUT2D eigenvalue weighted by atomic mass is 35.5. The van der Waals surface area contributed by atoms with E-state index in [4.69, 9.17) is 11.6 Å². The van der Waals surface area contributed by atoms with Crippen LogP contribution in [0.25, 0.3) is 0 Å². The summed E-state index contributed by atoms with van der Waals surface area (Å²) in [5.74, 6) is -3.51. The number of fused-ring (bicyclic) bond motifs is 1. The Kier molecular flexibility index (Phi) is 5.52. The second kappa shape index (κ2) is 7.88. The summed E-state index contributed by atoms with van der Waals surface area (Å²) in [4.78, 5) is 30.8. The van der Waals surface area contributed by atoms with Gasteiger partial charge in [-0.2, -0.15) is 18.3 Å². The lowest BCUT2D eigenvalue weighted by molar-refractivity contribution is -0.183. The molecule has 7 nitrogen and oxygen atoms in total. The van der Waals surface area contributed by atoms with Crippen LogP contribution < -0.4 is 5.69 Å². The van der Waals surface area contributed by atoms with E-state index < -0.39 is 54.6 Å². The topological polar surface area (TPSA) is 73.0 Å². The Morgan fingerprint density at radius 3 is 2.68 bits per heavy atom. The van der Waals surface area contributed by atoms with Gasteiger partial charge in [-0.25, -0.2) is 18.3 Å². The monoisotopic (exact) mass is 465 g/mol. The molecule has 0 radical (unpaired) electrons. The summed E-state index contributed by atoms with van der Waals surface area (Å²) in [5.41, 5.74) is -0.720. The zero-order valence-corrected chi connectivity index (χ0v) is 16.7. The summed E-state index contributed by atoms with van der Waals surface area (Å²) in [6.07, 6.45) is -6.09. The molecule has 0 N–H and O–H groups in total. The standard InChI is InChI=1S/C18H17ClF5N5O2/c19-12-5-11(21)6-25-13(12)8-28-17(31)29-14(16(30)27-2-1-10(20)7-27)3-9(18(22,23)24)4-15(29)26-28/h5-6,9-10,14H,1-4,7-8H2/t9?,10-,14?/m0/s1. The zero-order chi connectivity index (χ0) is 22.5. The molecule has 4 heterocycles. The van der Waals surface area contributed by atoms with Crippen molar-refractivity contribution in [2.45, 2.75) is 44.2 Å². The van der Waals surface area contributed by atoms with E-state index in [1.807, 2.05) is 0 Å². The molecule has 2 aliphatic rings. The van der Waals surface area contributed by atoms with Crippen molar-refractivity contribution >= 4 is 17.5 Å². The van der Waals surface area contributed by atoms with Gasteiger partial charge < -0.3 is 4.90 Å². The van der Waals surface area contributed by atoms with Gasteiger partial charge >= 0.3 is 11.9 Å². The third kappa shape index (κ3) is 4.17. The van der Waals surface area contributed by atoms with E-state index in [1.165, 1.54) is 0 Å². The van der Waals surface area contributed by atoms with E-state index in [1.54, 1.807) is 0 Å². The number of likely N-dealkylation sites (tertiary alicyclic amines) is 1. The molecule has 0 saturated carbocycles. The molecule has 1 fully saturated rings. The van der Waals surface area contributed by atoms with Crippen LogP contribution in [0, 0.1) is 11.7 Å². The molecule has 0 bridgehead atoms. The van der Waals surface area contributed by atoms with Gasteiger partial charge in [-0.05, 0) is 18.9 Å². The number of alkyl halides is 4. The number of carbonyl (C=O) groups excluding carboxylic acids is 1. The molecular weight excluding hydrogens is 449 g/mol. The summed E-state index contributed by atoms with van der Waals surface area (Å²) in [6.45, 7) is -0.467. The highest BCUT2D eigenvalue weighted by Gasteiger charge is 2.48. The van der Waals surface area contributed by atoms with Crippen LogP contribution in [0.4, 0.5) is 22.0 Å². The third-order valence-electron chi connectivity index (χ3n) is 5.56. The summed E-state index contributed by atoms with van der Waals surface area (Å²) in [5, 5.41) is 3.90. The Hall–Kier alpha value is -2.50. The Morgan fingerprint density at radius 2 is 2.06 bits per heavy atom. The van der Waals surface area contributed by atoms with Crippen LogP contribution in [0.1, 0.15) is 30.4 Å². The van der Waals surface area contributed by atoms with Crippen LogP contribution in [-0.2, 0) is 17.8 Å². The lowest BCUT2D eigenvalue weighted by Gasteiger charge is -2.32. The molecule has 0 aromatic carbocycles. The molecule has 13 heteroatoms. The third-order valence-corrected chi connectivity index (χ3v) is 5.89. The largest absolute Gasteiger partial charge is 0.392 e. The SMILES string of the molecule is O=C(C1CC(C(F)(F)F)Cc2nn(Cc3ncc(F)cc3Cl)c(=O)n21)N1CC[C@H](F)C1. The second-order valence-electron chi connectivity index (χ2n) is 7.67. The maximum absolute atomic E-state index is 13.5. The van der Waals surface area contributed by atoms with Crippen LogP contribution in [0.2, 0.25) is 5.02 Å². The number of pyridine rings is 1. The van der Waals surface area contributed by atoms with Crippen LogP contribution in [-0.4, -0.2) is 55.6 Å². The first-order chi connectivity index (χ1) is 14.5. The van der Waals surface area contributed by atoms with E-state index in [9.17, 15) is 31.5 Å². The molecule has 1 amide bonds. The summed E-state index contributed by atoms with van der Waals surface area (Å²) in [6, 6.07) is -0.462. The van der Waals surface area contributed by atoms with Crippen molar-refractivity contribution in [2.75, 3.05) is 13.1 Å². The first-order valence-electron chi connectivity index (χ1n) is 9.52. The van der Waals surface area contributed by atoms with Crippen LogP contribution in [0.3, 0.4) is 0 Å². The molecule has 2 aromatic heterocycles. The highest BCUT2D eigenvalue weighted by molar-refractivity contribution is 6.31. The molecule has 168 valence electrons. The Balaban J connectivity index is 1.71. The summed E-state index contributed by atoms with van der Waals surface area (Å²) >= 11 is 5.92. The van der Waals surface area contributed by atoms with Crippen molar-refractivity contribution in [1.82, 2.24) is 24.2 Å². The van der Waals surface area contributed by atoms with Gasteiger partial charge in [0.25, 0.3) is 0 Å². The van der Waals surface area contributed by atoms with E-state index in [0.29, 0.717) is 0 Å². The number of hydrogen-bond acceptors (Lipinski definition) is 4. The molecule has 1 saturated heterocycles. The van der Waals surface area contributed by atoms with Gasteiger partial charge in [0.15, 0.2) is 0 Å². The molecule has 2 aromatic rings. The van der Waals surface area contributed by atoms with Gasteiger partial charge in [-0.15, -0.1) is 0 Å². The van der Waals surface area contributed by atoms with Gasteiger partial charge in [0.1, 0.15) is 23.9 Å². The Bertz CT molecular complexity index is 1070. The average molecular weight is 466 g/mol. The fourth-order valence-electron chi connectivity index (χ4n) is 3.99. The van der Waals surface area contributed by atoms with Crippen LogP contribution in [0.5, 0.6) is 0 Å². The highest BCUT2D eigenvalue weighted by Crippen LogP contribution is 2.39. The van der Waals surface area contributed by atoms with Crippen molar-refractivity contribution in [1.29, 1.82) is 0 Å². The minimum Gasteiger partial charge on any atom is -0.338 e. The molecule has 0 aliphatic carbocycles. The first-order valence-corrected chi connectivity index (χ1v) is 9.90. The lowest BCUT2D eigenvalue weighted by atomic mass is 9.91. The maximum Gasteiger partial charge on any atom is 0.392 e. The van der Waals surface area contributed by atoms with E-state index in [2.05, 4.69) is 10.1 Å². The van der Waals surface area contributed by atoms with Crippen LogP contribution >= 0.6 is 11.6 Å². The number of nitrogens with zero attached hydrogens (tertiary/aromatic N) is 5. The van der Waals surface area contributed by atoms with E-state index in [-0.39, 0.29) is 42.6 Å². The van der Waals surface area contributed by atoms with Crippen molar-refractivity contribution < 1.29 is 26.7 Å². The smallest absolute Gasteiger partial charge is 0.338 e. The van der Waals surface area contributed by atoms with Gasteiger partial charge in [0, 0.05) is 13.0 Å². The summed E-state index contributed by atoms with van der Waals surface area (Å²) < 4.78 is 69.0. The number of amides is 1. The number of hydrogen-bond donors (Lipinski definition) is 0. The Labute approximate surface area is 177 Å². The quantitative estimate of drug-likeness (QED) is 0.653. The predicted molar refractivity (Wildman–Crippen MR) is 97.8 cm³/mol. The van der Waals surface area contributed by atoms with Crippen molar-refractivity contribution in [3.63, 3.8) is 0 Å². The molecule has 31 heavy (non-hydrogen) atoms. The average Bonchev–Trinajstić information content (AvgIpc) is 3.26. The molecule has 2 aliphatic heterocycles. The van der Waals surface area contributed by atoms with Crippen molar-refractivity contribution in [3.8, 4) is 0 Å². The van der Waals surface area contributed by atoms with E-state index >= 15 is 0 Å². The molecule has 0 spiro atoms. The Morgan fingerprint density at radius 1 is 1.32 bits per heavy atom. The number of carbonyl (C=O) groups is 1. The lowest BCUT2D eigenvalue weighted by Crippen LogP contribution is -2.45. The van der Waals surface area contributed by atoms with Crippen molar-refractivity contribution in [3.05, 3.63) is 45.1 Å². The minimum atomic E-state index is -4.60. The molecule has 4 rings (SSSR count). The first kappa shape index (κ1) is 21.7. The number of halogens is 6. The zero-order valence-electron chi connectivity index (χ0n) is 15.9. The summed E-state index contributed by atoms with van der Waals surface area (Å²) in [7, 11) is 0.